The number of rotatable bonds is 6. The third-order valence-corrected chi connectivity index (χ3v) is 6.97. The predicted molar refractivity (Wildman–Crippen MR) is 136 cm³/mol. The Bertz CT molecular complexity index is 1420. The van der Waals surface area contributed by atoms with E-state index in [1.54, 1.807) is 6.20 Å². The zero-order valence-electron chi connectivity index (χ0n) is 20.9. The molecule has 9 nitrogen and oxygen atoms in total. The molecular weight excluding hydrogens is 495 g/mol. The highest BCUT2D eigenvalue weighted by molar-refractivity contribution is 5.61. The van der Waals surface area contributed by atoms with Crippen molar-refractivity contribution in [1.29, 1.82) is 0 Å². The van der Waals surface area contributed by atoms with Crippen molar-refractivity contribution in [2.24, 2.45) is 0 Å². The second kappa shape index (κ2) is 9.35. The topological polar surface area (TPSA) is 98.8 Å². The van der Waals surface area contributed by atoms with E-state index in [-0.39, 0.29) is 0 Å². The zero-order valence-corrected chi connectivity index (χ0v) is 20.9. The molecule has 38 heavy (non-hydrogen) atoms. The maximum atomic E-state index is 12.8. The first kappa shape index (κ1) is 24.3. The lowest BCUT2D eigenvalue weighted by Gasteiger charge is -2.56. The van der Waals surface area contributed by atoms with Crippen LogP contribution in [-0.4, -0.2) is 60.2 Å². The molecule has 2 unspecified atom stereocenters. The van der Waals surface area contributed by atoms with Crippen molar-refractivity contribution in [2.75, 3.05) is 23.3 Å². The number of alkyl halides is 3. The monoisotopic (exact) mass is 521 g/mol. The fourth-order valence-electron chi connectivity index (χ4n) is 5.11. The van der Waals surface area contributed by atoms with E-state index in [0.717, 1.165) is 53.9 Å². The van der Waals surface area contributed by atoms with Crippen LogP contribution < -0.4 is 10.2 Å². The summed E-state index contributed by atoms with van der Waals surface area (Å²) in [4.78, 5) is 22.1. The molecule has 4 aromatic rings. The molecule has 2 N–H and O–H groups in total. The van der Waals surface area contributed by atoms with E-state index in [9.17, 15) is 13.2 Å². The lowest BCUT2D eigenvalue weighted by molar-refractivity contribution is -0.141. The SMILES string of the molecule is Cc1cc(Nc2cc(C)[nH]n2)nc(-c2ccc(N3CC4CC(C3)N4Cc3ccc(C(F)(F)F)nc3)nc2)n1. The molecule has 2 bridgehead atoms. The van der Waals surface area contributed by atoms with Gasteiger partial charge >= 0.3 is 6.18 Å². The zero-order chi connectivity index (χ0) is 26.4. The number of piperazine rings is 1. The van der Waals surface area contributed by atoms with Crippen LogP contribution in [-0.2, 0) is 12.7 Å². The number of halogens is 3. The van der Waals surface area contributed by atoms with E-state index in [4.69, 9.17) is 4.98 Å². The second-order valence-electron chi connectivity index (χ2n) is 9.85. The molecule has 0 radical (unpaired) electrons. The summed E-state index contributed by atoms with van der Waals surface area (Å²) in [6.07, 6.45) is -0.221. The minimum absolute atomic E-state index is 0.330. The Balaban J connectivity index is 1.10. The minimum Gasteiger partial charge on any atom is -0.353 e. The lowest BCUT2D eigenvalue weighted by Crippen LogP contribution is -2.68. The van der Waals surface area contributed by atoms with Crippen LogP contribution in [0.2, 0.25) is 0 Å². The molecule has 12 heteroatoms. The number of aromatic amines is 1. The third kappa shape index (κ3) is 4.91. The van der Waals surface area contributed by atoms with E-state index in [0.29, 0.717) is 36.1 Å². The highest BCUT2D eigenvalue weighted by atomic mass is 19.4. The quantitative estimate of drug-likeness (QED) is 0.383. The Hall–Kier alpha value is -4.06. The van der Waals surface area contributed by atoms with Crippen LogP contribution in [0.4, 0.5) is 30.6 Å². The molecule has 196 valence electrons. The number of nitrogens with zero attached hydrogens (tertiary/aromatic N) is 7. The summed E-state index contributed by atoms with van der Waals surface area (Å²) in [5.41, 5.74) is 2.53. The van der Waals surface area contributed by atoms with Crippen LogP contribution in [0.3, 0.4) is 0 Å². The summed E-state index contributed by atoms with van der Waals surface area (Å²) in [6.45, 7) is 6.08. The van der Waals surface area contributed by atoms with Crippen LogP contribution in [0.15, 0.2) is 48.8 Å². The fraction of sp³-hybridized carbons (Fsp3) is 0.346. The summed E-state index contributed by atoms with van der Waals surface area (Å²) in [7, 11) is 0. The molecule has 2 atom stereocenters. The number of H-pyrrole nitrogens is 1. The van der Waals surface area contributed by atoms with Crippen molar-refractivity contribution >= 4 is 17.5 Å². The van der Waals surface area contributed by atoms with E-state index < -0.39 is 11.9 Å². The molecule has 0 amide bonds. The largest absolute Gasteiger partial charge is 0.433 e. The number of piperidine rings is 1. The van der Waals surface area contributed by atoms with E-state index in [1.165, 1.54) is 12.3 Å². The minimum atomic E-state index is -4.42. The van der Waals surface area contributed by atoms with Crippen molar-refractivity contribution in [1.82, 2.24) is 35.0 Å². The van der Waals surface area contributed by atoms with Crippen LogP contribution >= 0.6 is 0 Å². The molecule has 7 rings (SSSR count). The van der Waals surface area contributed by atoms with Gasteiger partial charge in [0.1, 0.15) is 17.3 Å². The van der Waals surface area contributed by atoms with Gasteiger partial charge in [0.25, 0.3) is 0 Å². The number of aryl methyl sites for hydroxylation is 2. The normalized spacial score (nSPS) is 19.3. The summed E-state index contributed by atoms with van der Waals surface area (Å²) >= 11 is 0. The average molecular weight is 522 g/mol. The number of aromatic nitrogens is 6. The van der Waals surface area contributed by atoms with Crippen molar-refractivity contribution < 1.29 is 13.2 Å². The molecule has 0 aliphatic carbocycles. The van der Waals surface area contributed by atoms with E-state index >= 15 is 0 Å². The summed E-state index contributed by atoms with van der Waals surface area (Å²) < 4.78 is 38.4. The number of nitrogens with one attached hydrogen (secondary N) is 2. The number of hydrogen-bond donors (Lipinski definition) is 2. The first-order valence-corrected chi connectivity index (χ1v) is 12.4. The third-order valence-electron chi connectivity index (χ3n) is 6.97. The summed E-state index contributed by atoms with van der Waals surface area (Å²) in [5.74, 6) is 2.81. The van der Waals surface area contributed by atoms with Crippen LogP contribution in [0, 0.1) is 13.8 Å². The van der Waals surface area contributed by atoms with Crippen molar-refractivity contribution in [3.05, 3.63) is 71.4 Å². The molecular formula is C26H26F3N9. The summed E-state index contributed by atoms with van der Waals surface area (Å²) in [6, 6.07) is 11.0. The number of anilines is 3. The molecule has 0 saturated carbocycles. The van der Waals surface area contributed by atoms with Crippen LogP contribution in [0.5, 0.6) is 0 Å². The Labute approximate surface area is 217 Å². The van der Waals surface area contributed by atoms with Crippen molar-refractivity contribution in [3.63, 3.8) is 0 Å². The van der Waals surface area contributed by atoms with Crippen LogP contribution in [0.25, 0.3) is 11.4 Å². The first-order chi connectivity index (χ1) is 18.2. The lowest BCUT2D eigenvalue weighted by atomic mass is 9.87. The maximum Gasteiger partial charge on any atom is 0.433 e. The molecule has 0 aromatic carbocycles. The van der Waals surface area contributed by atoms with Gasteiger partial charge in [0.05, 0.1) is 0 Å². The van der Waals surface area contributed by atoms with Gasteiger partial charge in [-0.25, -0.2) is 15.0 Å². The highest BCUT2D eigenvalue weighted by Gasteiger charge is 2.44. The Morgan fingerprint density at radius 1 is 0.974 bits per heavy atom. The maximum absolute atomic E-state index is 12.8. The Kier molecular flexibility index (Phi) is 5.98. The van der Waals surface area contributed by atoms with Crippen molar-refractivity contribution in [2.45, 2.75) is 45.1 Å². The van der Waals surface area contributed by atoms with Crippen LogP contribution in [0.1, 0.15) is 29.1 Å². The molecule has 3 fully saturated rings. The van der Waals surface area contributed by atoms with Gasteiger partial charge in [-0.1, -0.05) is 6.07 Å². The fourth-order valence-corrected chi connectivity index (χ4v) is 5.11. The van der Waals surface area contributed by atoms with Gasteiger partial charge in [-0.2, -0.15) is 18.3 Å². The standard InChI is InChI=1S/C26H26F3N9/c1-15-7-22(33-23-8-16(2)35-36-23)34-25(32-15)18-4-6-24(31-11-18)37-13-19-9-20(14-37)38(19)12-17-3-5-21(30-10-17)26(27,28)29/h3-8,10-11,19-20H,9,12-14H2,1-2H3,(H2,32,33,34,35,36). The Morgan fingerprint density at radius 3 is 2.42 bits per heavy atom. The van der Waals surface area contributed by atoms with Gasteiger partial charge < -0.3 is 10.2 Å². The first-order valence-electron chi connectivity index (χ1n) is 12.4. The van der Waals surface area contributed by atoms with E-state index in [1.807, 2.05) is 38.1 Å². The molecule has 0 spiro atoms. The van der Waals surface area contributed by atoms with Gasteiger partial charge in [-0.15, -0.1) is 0 Å². The molecule has 7 heterocycles. The molecule has 3 aliphatic rings. The van der Waals surface area contributed by atoms with Gasteiger partial charge in [0, 0.05) is 73.2 Å². The second-order valence-corrected chi connectivity index (χ2v) is 9.85. The number of hydrogen-bond acceptors (Lipinski definition) is 8. The Morgan fingerprint density at radius 2 is 1.79 bits per heavy atom. The van der Waals surface area contributed by atoms with Gasteiger partial charge in [-0.05, 0) is 44.0 Å². The van der Waals surface area contributed by atoms with E-state index in [2.05, 4.69) is 40.3 Å². The number of pyridine rings is 2. The smallest absolute Gasteiger partial charge is 0.353 e. The average Bonchev–Trinajstić information content (AvgIpc) is 3.31. The van der Waals surface area contributed by atoms with Gasteiger partial charge in [0.2, 0.25) is 0 Å². The summed E-state index contributed by atoms with van der Waals surface area (Å²) in [5, 5.41) is 10.3. The predicted octanol–water partition coefficient (Wildman–Crippen LogP) is 4.50. The van der Waals surface area contributed by atoms with Gasteiger partial charge in [-0.3, -0.25) is 15.0 Å². The highest BCUT2D eigenvalue weighted by Crippen LogP contribution is 2.36. The number of fused-ring (bicyclic) bond motifs is 2. The molecule has 3 aliphatic heterocycles. The molecule has 3 saturated heterocycles. The molecule has 4 aromatic heterocycles. The van der Waals surface area contributed by atoms with Crippen molar-refractivity contribution in [3.8, 4) is 11.4 Å². The van der Waals surface area contributed by atoms with Gasteiger partial charge in [0.15, 0.2) is 11.6 Å².